The number of Topliss-reactive ketones (excluding diaryl/α,β-unsaturated/α-hetero) is 1. The normalized spacial score (nSPS) is 10.3. The van der Waals surface area contributed by atoms with Crippen LogP contribution in [-0.4, -0.2) is 15.9 Å². The molecule has 0 amide bonds. The summed E-state index contributed by atoms with van der Waals surface area (Å²) in [6.45, 7) is 5.48. The molecule has 0 aliphatic carbocycles. The van der Waals surface area contributed by atoms with Crippen molar-refractivity contribution in [2.24, 2.45) is 0 Å². The van der Waals surface area contributed by atoms with E-state index < -0.39 is 0 Å². The Balaban J connectivity index is 2.46. The third kappa shape index (κ3) is 2.58. The Bertz CT molecular complexity index is 699. The number of nitrogens with zero attached hydrogens (tertiary/aromatic N) is 1. The van der Waals surface area contributed by atoms with Gasteiger partial charge in [0.1, 0.15) is 11.6 Å². The first kappa shape index (κ1) is 14.3. The van der Waals surface area contributed by atoms with Gasteiger partial charge in [-0.2, -0.15) is 0 Å². The molecule has 102 valence electrons. The van der Waals surface area contributed by atoms with E-state index in [0.717, 1.165) is 0 Å². The minimum absolute atomic E-state index is 0.0731. The molecule has 1 aromatic heterocycles. The Morgan fingerprint density at radius 2 is 2.10 bits per heavy atom. The van der Waals surface area contributed by atoms with Gasteiger partial charge in [0.15, 0.2) is 5.78 Å². The first-order valence-corrected chi connectivity index (χ1v) is 6.64. The van der Waals surface area contributed by atoms with E-state index in [1.807, 2.05) is 0 Å². The monoisotopic (exact) mass is 332 g/mol. The summed E-state index contributed by atoms with van der Waals surface area (Å²) in [4.78, 5) is 16.5. The Hall–Kier alpha value is -2.14. The van der Waals surface area contributed by atoms with E-state index in [2.05, 4.69) is 27.5 Å². The van der Waals surface area contributed by atoms with Crippen molar-refractivity contribution < 1.29 is 9.90 Å². The number of rotatable bonds is 3. The number of allylic oxidation sites excluding steroid dienone is 1. The summed E-state index contributed by atoms with van der Waals surface area (Å²) >= 11 is 3.29. The first-order valence-electron chi connectivity index (χ1n) is 5.85. The maximum Gasteiger partial charge on any atom is 0.193 e. The molecule has 0 saturated heterocycles. The standard InChI is InChI=1S/C15H13BrN2O2/c1-8-11(4-3-5-13(8)19)14(20)9(2)12-6-10(16)7-18-15(12)17/h3-7,19H,2H2,1H3,(H2,17,18). The number of nitrogens with two attached hydrogens (primary N) is 1. The van der Waals surface area contributed by atoms with E-state index in [-0.39, 0.29) is 22.9 Å². The van der Waals surface area contributed by atoms with E-state index in [1.54, 1.807) is 31.3 Å². The van der Waals surface area contributed by atoms with Gasteiger partial charge in [-0.3, -0.25) is 4.79 Å². The van der Waals surface area contributed by atoms with Crippen molar-refractivity contribution in [1.82, 2.24) is 4.98 Å². The Kier molecular flexibility index (Phi) is 3.90. The molecule has 0 bridgehead atoms. The van der Waals surface area contributed by atoms with Crippen LogP contribution in [0.15, 0.2) is 41.5 Å². The highest BCUT2D eigenvalue weighted by Gasteiger charge is 2.18. The molecule has 0 spiro atoms. The predicted octanol–water partition coefficient (Wildman–Crippen LogP) is 3.34. The summed E-state index contributed by atoms with van der Waals surface area (Å²) in [7, 11) is 0. The number of benzene rings is 1. The number of phenolic OH excluding ortho intramolecular Hbond substituents is 1. The maximum absolute atomic E-state index is 12.5. The smallest absolute Gasteiger partial charge is 0.193 e. The summed E-state index contributed by atoms with van der Waals surface area (Å²) in [6.07, 6.45) is 1.55. The zero-order chi connectivity index (χ0) is 14.9. The van der Waals surface area contributed by atoms with Gasteiger partial charge in [0.25, 0.3) is 0 Å². The molecule has 2 rings (SSSR count). The molecule has 2 aromatic rings. The lowest BCUT2D eigenvalue weighted by atomic mass is 9.95. The van der Waals surface area contributed by atoms with Gasteiger partial charge in [-0.15, -0.1) is 0 Å². The lowest BCUT2D eigenvalue weighted by molar-refractivity contribution is 0.105. The molecule has 5 heteroatoms. The number of hydrogen-bond acceptors (Lipinski definition) is 4. The number of aromatic hydroxyl groups is 1. The van der Waals surface area contributed by atoms with Crippen LogP contribution >= 0.6 is 15.9 Å². The van der Waals surface area contributed by atoms with Crippen molar-refractivity contribution >= 4 is 33.1 Å². The predicted molar refractivity (Wildman–Crippen MR) is 82.6 cm³/mol. The third-order valence-electron chi connectivity index (χ3n) is 3.03. The van der Waals surface area contributed by atoms with Gasteiger partial charge >= 0.3 is 0 Å². The molecule has 0 aliphatic heterocycles. The number of halogens is 1. The Morgan fingerprint density at radius 1 is 1.40 bits per heavy atom. The summed E-state index contributed by atoms with van der Waals surface area (Å²) in [6, 6.07) is 6.49. The van der Waals surface area contributed by atoms with E-state index in [4.69, 9.17) is 5.73 Å². The topological polar surface area (TPSA) is 76.2 Å². The minimum atomic E-state index is -0.287. The van der Waals surface area contributed by atoms with Gasteiger partial charge in [-0.1, -0.05) is 18.7 Å². The second kappa shape index (κ2) is 5.46. The summed E-state index contributed by atoms with van der Waals surface area (Å²) in [5.74, 6) is 0.0262. The number of nitrogen functional groups attached to an aromatic ring is 1. The molecule has 0 atom stereocenters. The zero-order valence-electron chi connectivity index (χ0n) is 10.9. The third-order valence-corrected chi connectivity index (χ3v) is 3.47. The fraction of sp³-hybridized carbons (Fsp3) is 0.0667. The van der Waals surface area contributed by atoms with E-state index in [9.17, 15) is 9.90 Å². The zero-order valence-corrected chi connectivity index (χ0v) is 12.4. The van der Waals surface area contributed by atoms with Crippen molar-refractivity contribution in [1.29, 1.82) is 0 Å². The van der Waals surface area contributed by atoms with Crippen molar-refractivity contribution in [3.63, 3.8) is 0 Å². The molecule has 1 heterocycles. The lowest BCUT2D eigenvalue weighted by Gasteiger charge is -2.10. The second-order valence-corrected chi connectivity index (χ2v) is 5.26. The van der Waals surface area contributed by atoms with Crippen LogP contribution in [0.25, 0.3) is 5.57 Å². The highest BCUT2D eigenvalue weighted by atomic mass is 79.9. The van der Waals surface area contributed by atoms with Crippen LogP contribution in [0.5, 0.6) is 5.75 Å². The fourth-order valence-corrected chi connectivity index (χ4v) is 2.18. The van der Waals surface area contributed by atoms with Gasteiger partial charge in [-0.25, -0.2) is 4.98 Å². The van der Waals surface area contributed by atoms with Gasteiger partial charge < -0.3 is 10.8 Å². The molecule has 20 heavy (non-hydrogen) atoms. The summed E-state index contributed by atoms with van der Waals surface area (Å²) in [5.41, 5.74) is 7.41. The number of carbonyl (C=O) groups is 1. The van der Waals surface area contributed by atoms with Crippen molar-refractivity contribution in [2.75, 3.05) is 5.73 Å². The molecule has 0 fully saturated rings. The van der Waals surface area contributed by atoms with Crippen molar-refractivity contribution in [2.45, 2.75) is 6.92 Å². The van der Waals surface area contributed by atoms with Crippen LogP contribution in [0, 0.1) is 6.92 Å². The molecular weight excluding hydrogens is 320 g/mol. The van der Waals surface area contributed by atoms with Crippen molar-refractivity contribution in [3.05, 3.63) is 58.2 Å². The van der Waals surface area contributed by atoms with Crippen LogP contribution in [-0.2, 0) is 0 Å². The maximum atomic E-state index is 12.5. The Labute approximate surface area is 125 Å². The lowest BCUT2D eigenvalue weighted by Crippen LogP contribution is -2.07. The molecule has 0 radical (unpaired) electrons. The number of hydrogen-bond donors (Lipinski definition) is 2. The van der Waals surface area contributed by atoms with E-state index >= 15 is 0 Å². The van der Waals surface area contributed by atoms with Crippen molar-refractivity contribution in [3.8, 4) is 5.75 Å². The first-order chi connectivity index (χ1) is 9.41. The van der Waals surface area contributed by atoms with Crippen LogP contribution in [0.1, 0.15) is 21.5 Å². The second-order valence-electron chi connectivity index (χ2n) is 4.34. The average molecular weight is 333 g/mol. The summed E-state index contributed by atoms with van der Waals surface area (Å²) in [5, 5.41) is 9.67. The number of aromatic nitrogens is 1. The van der Waals surface area contributed by atoms with Gasteiger partial charge in [0.2, 0.25) is 0 Å². The number of anilines is 1. The van der Waals surface area contributed by atoms with Crippen LogP contribution in [0.2, 0.25) is 0 Å². The van der Waals surface area contributed by atoms with Gasteiger partial charge in [0, 0.05) is 32.9 Å². The number of ketones is 1. The number of phenols is 1. The van der Waals surface area contributed by atoms with Crippen LogP contribution in [0.4, 0.5) is 5.82 Å². The molecule has 1 aromatic carbocycles. The summed E-state index contributed by atoms with van der Waals surface area (Å²) < 4.78 is 0.711. The van der Waals surface area contributed by atoms with E-state index in [0.29, 0.717) is 21.2 Å². The van der Waals surface area contributed by atoms with E-state index in [1.165, 1.54) is 6.07 Å². The highest BCUT2D eigenvalue weighted by molar-refractivity contribution is 9.10. The SMILES string of the molecule is C=C(C(=O)c1cccc(O)c1C)c1cc(Br)cnc1N. The molecule has 3 N–H and O–H groups in total. The highest BCUT2D eigenvalue weighted by Crippen LogP contribution is 2.28. The molecular formula is C15H13BrN2O2. The largest absolute Gasteiger partial charge is 0.508 e. The van der Waals surface area contributed by atoms with Crippen LogP contribution in [0.3, 0.4) is 0 Å². The van der Waals surface area contributed by atoms with Crippen LogP contribution < -0.4 is 5.73 Å². The van der Waals surface area contributed by atoms with Gasteiger partial charge in [-0.05, 0) is 35.0 Å². The van der Waals surface area contributed by atoms with Gasteiger partial charge in [0.05, 0.1) is 0 Å². The molecule has 0 saturated carbocycles. The number of carbonyl (C=O) groups excluding carboxylic acids is 1. The molecule has 4 nitrogen and oxygen atoms in total. The molecule has 0 unspecified atom stereocenters. The molecule has 0 aliphatic rings. The minimum Gasteiger partial charge on any atom is -0.508 e. The quantitative estimate of drug-likeness (QED) is 0.667. The Morgan fingerprint density at radius 3 is 2.80 bits per heavy atom. The number of pyridine rings is 1. The average Bonchev–Trinajstić information content (AvgIpc) is 2.43. The fourth-order valence-electron chi connectivity index (χ4n) is 1.85.